The summed E-state index contributed by atoms with van der Waals surface area (Å²) in [7, 11) is 0. The number of carbonyl (C=O) groups excluding carboxylic acids is 2. The summed E-state index contributed by atoms with van der Waals surface area (Å²) < 4.78 is 22.3. The average molecular weight is 435 g/mol. The molecule has 2 amide bonds. The van der Waals surface area contributed by atoms with Gasteiger partial charge in [-0.3, -0.25) is 10.1 Å². The van der Waals surface area contributed by atoms with E-state index >= 15 is 0 Å². The lowest BCUT2D eigenvalue weighted by molar-refractivity contribution is -0.127. The second kappa shape index (κ2) is 9.44. The van der Waals surface area contributed by atoms with Crippen LogP contribution in [-0.4, -0.2) is 49.6 Å². The summed E-state index contributed by atoms with van der Waals surface area (Å²) in [5.74, 6) is 0.857. The molecule has 0 spiro atoms. The number of hydrogen-bond donors (Lipinski definition) is 2. The summed E-state index contributed by atoms with van der Waals surface area (Å²) in [6.07, 6.45) is 1.03. The summed E-state index contributed by atoms with van der Waals surface area (Å²) in [6, 6.07) is 5.12. The molecule has 2 aliphatic rings. The van der Waals surface area contributed by atoms with Crippen molar-refractivity contribution in [1.29, 1.82) is 0 Å². The van der Waals surface area contributed by atoms with Crippen LogP contribution in [0.1, 0.15) is 59.1 Å². The smallest absolute Gasteiger partial charge is 0.412 e. The normalized spacial score (nSPS) is 22.2. The van der Waals surface area contributed by atoms with Crippen molar-refractivity contribution in [2.45, 2.75) is 64.7 Å². The van der Waals surface area contributed by atoms with Crippen molar-refractivity contribution in [3.63, 3.8) is 0 Å². The van der Waals surface area contributed by atoms with E-state index in [1.165, 1.54) is 0 Å². The molecule has 3 rings (SSSR count). The number of ether oxygens (including phenoxy) is 4. The fraction of sp³-hybridized carbons (Fsp3) is 0.652. The van der Waals surface area contributed by atoms with E-state index in [0.717, 1.165) is 18.6 Å². The van der Waals surface area contributed by atoms with E-state index < -0.39 is 17.3 Å². The maximum absolute atomic E-state index is 12.5. The monoisotopic (exact) mass is 434 g/mol. The van der Waals surface area contributed by atoms with E-state index in [-0.39, 0.29) is 18.6 Å². The predicted molar refractivity (Wildman–Crippen MR) is 116 cm³/mol. The second-order valence-electron chi connectivity index (χ2n) is 9.81. The van der Waals surface area contributed by atoms with E-state index in [0.29, 0.717) is 37.0 Å². The van der Waals surface area contributed by atoms with Crippen molar-refractivity contribution < 1.29 is 28.5 Å². The van der Waals surface area contributed by atoms with Gasteiger partial charge in [-0.2, -0.15) is 0 Å². The third kappa shape index (κ3) is 7.11. The molecule has 1 aromatic rings. The van der Waals surface area contributed by atoms with Gasteiger partial charge >= 0.3 is 6.09 Å². The number of rotatable bonds is 6. The molecular formula is C23H34N2O6. The lowest BCUT2D eigenvalue weighted by Crippen LogP contribution is -2.42. The van der Waals surface area contributed by atoms with Crippen LogP contribution >= 0.6 is 0 Å². The van der Waals surface area contributed by atoms with Gasteiger partial charge in [0.2, 0.25) is 5.91 Å². The van der Waals surface area contributed by atoms with Crippen molar-refractivity contribution in [2.75, 3.05) is 31.7 Å². The topological polar surface area (TPSA) is 95.1 Å². The van der Waals surface area contributed by atoms with Gasteiger partial charge in [0.25, 0.3) is 0 Å². The zero-order chi connectivity index (χ0) is 22.6. The fourth-order valence-corrected chi connectivity index (χ4v) is 3.75. The van der Waals surface area contributed by atoms with Crippen molar-refractivity contribution >= 4 is 17.7 Å². The van der Waals surface area contributed by atoms with Gasteiger partial charge in [-0.05, 0) is 59.2 Å². The molecular weight excluding hydrogens is 400 g/mol. The van der Waals surface area contributed by atoms with Crippen molar-refractivity contribution in [1.82, 2.24) is 5.32 Å². The molecule has 8 heteroatoms. The first-order valence-corrected chi connectivity index (χ1v) is 10.8. The number of fused-ring (bicyclic) bond motifs is 1. The number of benzene rings is 1. The van der Waals surface area contributed by atoms with Gasteiger partial charge in [0.15, 0.2) is 0 Å². The summed E-state index contributed by atoms with van der Waals surface area (Å²) in [6.45, 7) is 11.4. The Labute approximate surface area is 184 Å². The highest BCUT2D eigenvalue weighted by Crippen LogP contribution is 2.40. The molecule has 2 N–H and O–H groups in total. The Balaban J connectivity index is 1.65. The molecule has 1 fully saturated rings. The Morgan fingerprint density at radius 2 is 2.03 bits per heavy atom. The second-order valence-corrected chi connectivity index (χ2v) is 9.81. The van der Waals surface area contributed by atoms with Gasteiger partial charge < -0.3 is 24.3 Å². The Kier molecular flexibility index (Phi) is 7.11. The molecule has 0 radical (unpaired) electrons. The molecule has 0 unspecified atom stereocenters. The van der Waals surface area contributed by atoms with Crippen LogP contribution in [0.25, 0.3) is 0 Å². The van der Waals surface area contributed by atoms with Gasteiger partial charge in [0.05, 0.1) is 19.3 Å². The van der Waals surface area contributed by atoms with Gasteiger partial charge in [0.1, 0.15) is 23.6 Å². The lowest BCUT2D eigenvalue weighted by atomic mass is 9.89. The first-order chi connectivity index (χ1) is 14.5. The fourth-order valence-electron chi connectivity index (χ4n) is 3.75. The standard InChI is InChI=1S/C23H34N2O6/c1-22(2,3)31-21(27)24-16-6-7-19-17(10-16)18(11-23(4,5)30-19)25-20(26)14-29-13-15-8-9-28-12-15/h6-7,10,15,18H,8-9,11-14H2,1-5H3,(H,24,27)(H,25,26)/t15-,18-/m0/s1. The molecule has 2 heterocycles. The molecule has 1 aromatic carbocycles. The Morgan fingerprint density at radius 3 is 2.71 bits per heavy atom. The van der Waals surface area contributed by atoms with Crippen LogP contribution in [0.5, 0.6) is 5.75 Å². The predicted octanol–water partition coefficient (Wildman–Crippen LogP) is 3.81. The molecule has 31 heavy (non-hydrogen) atoms. The van der Waals surface area contributed by atoms with Crippen molar-refractivity contribution in [3.8, 4) is 5.75 Å². The maximum atomic E-state index is 12.5. The molecule has 0 aromatic heterocycles. The third-order valence-electron chi connectivity index (χ3n) is 5.06. The molecule has 0 aliphatic carbocycles. The zero-order valence-electron chi connectivity index (χ0n) is 19.1. The van der Waals surface area contributed by atoms with Crippen LogP contribution in [0, 0.1) is 5.92 Å². The molecule has 172 valence electrons. The molecule has 2 aliphatic heterocycles. The minimum Gasteiger partial charge on any atom is -0.487 e. The Hall–Kier alpha value is -2.32. The Bertz CT molecular complexity index is 796. The lowest BCUT2D eigenvalue weighted by Gasteiger charge is -2.38. The molecule has 1 saturated heterocycles. The van der Waals surface area contributed by atoms with Crippen molar-refractivity contribution in [3.05, 3.63) is 23.8 Å². The van der Waals surface area contributed by atoms with E-state index in [9.17, 15) is 9.59 Å². The minimum atomic E-state index is -0.591. The van der Waals surface area contributed by atoms with E-state index in [1.54, 1.807) is 12.1 Å². The largest absolute Gasteiger partial charge is 0.487 e. The maximum Gasteiger partial charge on any atom is 0.412 e. The Morgan fingerprint density at radius 1 is 1.26 bits per heavy atom. The molecule has 2 atom stereocenters. The van der Waals surface area contributed by atoms with Crippen LogP contribution in [0.3, 0.4) is 0 Å². The van der Waals surface area contributed by atoms with Gasteiger partial charge in [-0.1, -0.05) is 0 Å². The van der Waals surface area contributed by atoms with Crippen LogP contribution < -0.4 is 15.4 Å². The van der Waals surface area contributed by atoms with Crippen molar-refractivity contribution in [2.24, 2.45) is 5.92 Å². The number of nitrogens with one attached hydrogen (secondary N) is 2. The summed E-state index contributed by atoms with van der Waals surface area (Å²) in [4.78, 5) is 24.7. The SMILES string of the molecule is CC(C)(C)OC(=O)Nc1ccc2c(c1)[C@@H](NC(=O)COC[C@H]1CCOC1)CC(C)(C)O2. The van der Waals surface area contributed by atoms with Crippen LogP contribution in [0.2, 0.25) is 0 Å². The minimum absolute atomic E-state index is 0.000527. The van der Waals surface area contributed by atoms with Crippen LogP contribution in [-0.2, 0) is 19.0 Å². The van der Waals surface area contributed by atoms with Gasteiger partial charge in [0, 0.05) is 30.2 Å². The van der Waals surface area contributed by atoms with Crippen LogP contribution in [0.15, 0.2) is 18.2 Å². The van der Waals surface area contributed by atoms with E-state index in [1.807, 2.05) is 40.7 Å². The molecule has 0 bridgehead atoms. The summed E-state index contributed by atoms with van der Waals surface area (Å²) in [5.41, 5.74) is 0.359. The summed E-state index contributed by atoms with van der Waals surface area (Å²) in [5, 5.41) is 5.80. The number of amides is 2. The highest BCUT2D eigenvalue weighted by Gasteiger charge is 2.35. The number of carbonyl (C=O) groups is 2. The van der Waals surface area contributed by atoms with E-state index in [2.05, 4.69) is 10.6 Å². The summed E-state index contributed by atoms with van der Waals surface area (Å²) >= 11 is 0. The molecule has 0 saturated carbocycles. The quantitative estimate of drug-likeness (QED) is 0.707. The third-order valence-corrected chi connectivity index (χ3v) is 5.06. The number of hydrogen-bond acceptors (Lipinski definition) is 6. The zero-order valence-corrected chi connectivity index (χ0v) is 19.1. The highest BCUT2D eigenvalue weighted by molar-refractivity contribution is 5.85. The highest BCUT2D eigenvalue weighted by atomic mass is 16.6. The van der Waals surface area contributed by atoms with Crippen LogP contribution in [0.4, 0.5) is 10.5 Å². The molecule has 8 nitrogen and oxygen atoms in total. The van der Waals surface area contributed by atoms with Gasteiger partial charge in [-0.25, -0.2) is 4.79 Å². The van der Waals surface area contributed by atoms with Gasteiger partial charge in [-0.15, -0.1) is 0 Å². The average Bonchev–Trinajstić information content (AvgIpc) is 3.13. The first-order valence-electron chi connectivity index (χ1n) is 10.8. The number of anilines is 1. The van der Waals surface area contributed by atoms with E-state index in [4.69, 9.17) is 18.9 Å². The first kappa shape index (κ1) is 23.3.